The third-order valence-corrected chi connectivity index (χ3v) is 5.78. The summed E-state index contributed by atoms with van der Waals surface area (Å²) in [5, 5.41) is 0. The van der Waals surface area contributed by atoms with Crippen LogP contribution in [0.4, 0.5) is 5.82 Å². The maximum absolute atomic E-state index is 12.3. The van der Waals surface area contributed by atoms with Crippen molar-refractivity contribution in [3.63, 3.8) is 0 Å². The highest BCUT2D eigenvalue weighted by molar-refractivity contribution is 5.83. The summed E-state index contributed by atoms with van der Waals surface area (Å²) in [4.78, 5) is 30.0. The third kappa shape index (κ3) is 2.25. The molecule has 2 atom stereocenters. The van der Waals surface area contributed by atoms with E-state index in [9.17, 15) is 4.79 Å². The molecule has 3 aliphatic rings. The molecule has 0 aromatic carbocycles. The Labute approximate surface area is 140 Å². The smallest absolute Gasteiger partial charge is 0.222 e. The summed E-state index contributed by atoms with van der Waals surface area (Å²) in [7, 11) is 1.95. The van der Waals surface area contributed by atoms with Crippen LogP contribution in [0.15, 0.2) is 12.7 Å². The topological polar surface area (TPSA) is 67.2 Å². The van der Waals surface area contributed by atoms with Crippen LogP contribution in [0.3, 0.4) is 0 Å². The van der Waals surface area contributed by atoms with Crippen molar-refractivity contribution in [2.75, 3.05) is 31.1 Å². The molecule has 1 aliphatic carbocycles. The molecule has 0 N–H and O–H groups in total. The average Bonchev–Trinajstić information content (AvgIpc) is 3.00. The summed E-state index contributed by atoms with van der Waals surface area (Å²) in [6, 6.07) is 0. The van der Waals surface area contributed by atoms with Gasteiger partial charge in [-0.2, -0.15) is 0 Å². The van der Waals surface area contributed by atoms with E-state index in [1.807, 2.05) is 11.6 Å². The summed E-state index contributed by atoms with van der Waals surface area (Å²) < 4.78 is 1.93. The molecular weight excluding hydrogens is 304 g/mol. The van der Waals surface area contributed by atoms with E-state index >= 15 is 0 Å². The largest absolute Gasteiger partial charge is 0.354 e. The minimum Gasteiger partial charge on any atom is -0.354 e. The first-order chi connectivity index (χ1) is 11.7. The fourth-order valence-corrected chi connectivity index (χ4v) is 4.23. The van der Waals surface area contributed by atoms with Gasteiger partial charge in [0.2, 0.25) is 5.91 Å². The molecule has 126 valence electrons. The molecule has 2 aromatic heterocycles. The van der Waals surface area contributed by atoms with Crippen LogP contribution in [0.1, 0.15) is 19.3 Å². The van der Waals surface area contributed by atoms with Crippen LogP contribution in [-0.2, 0) is 11.8 Å². The maximum atomic E-state index is 12.3. The van der Waals surface area contributed by atoms with Crippen LogP contribution in [-0.4, -0.2) is 56.5 Å². The van der Waals surface area contributed by atoms with Gasteiger partial charge in [0.15, 0.2) is 17.0 Å². The van der Waals surface area contributed by atoms with Crippen molar-refractivity contribution in [1.82, 2.24) is 24.4 Å². The second-order valence-corrected chi connectivity index (χ2v) is 7.60. The SMILES string of the molecule is Cn1cnc2c(N3CC4CN(C(=O)CC5CC5)CC4C3)ncnc21. The van der Waals surface area contributed by atoms with E-state index in [2.05, 4.69) is 24.8 Å². The van der Waals surface area contributed by atoms with E-state index < -0.39 is 0 Å². The first-order valence-electron chi connectivity index (χ1n) is 8.84. The highest BCUT2D eigenvalue weighted by Crippen LogP contribution is 2.37. The highest BCUT2D eigenvalue weighted by Gasteiger charge is 2.43. The Balaban J connectivity index is 1.31. The van der Waals surface area contributed by atoms with Crippen LogP contribution in [0.2, 0.25) is 0 Å². The Morgan fingerprint density at radius 2 is 1.88 bits per heavy atom. The summed E-state index contributed by atoms with van der Waals surface area (Å²) >= 11 is 0. The number of fused-ring (bicyclic) bond motifs is 2. The minimum atomic E-state index is 0.368. The van der Waals surface area contributed by atoms with Crippen LogP contribution in [0, 0.1) is 17.8 Å². The quantitative estimate of drug-likeness (QED) is 0.844. The fraction of sp³-hybridized carbons (Fsp3) is 0.647. The van der Waals surface area contributed by atoms with Gasteiger partial charge in [0.05, 0.1) is 6.33 Å². The molecule has 2 aliphatic heterocycles. The van der Waals surface area contributed by atoms with Gasteiger partial charge in [-0.1, -0.05) is 0 Å². The van der Waals surface area contributed by atoms with Crippen LogP contribution in [0.5, 0.6) is 0 Å². The average molecular weight is 326 g/mol. The number of carbonyl (C=O) groups is 1. The molecule has 7 nitrogen and oxygen atoms in total. The monoisotopic (exact) mass is 326 g/mol. The molecule has 7 heteroatoms. The van der Waals surface area contributed by atoms with Crippen LogP contribution < -0.4 is 4.90 Å². The Morgan fingerprint density at radius 1 is 1.12 bits per heavy atom. The zero-order valence-electron chi connectivity index (χ0n) is 13.9. The Kier molecular flexibility index (Phi) is 3.05. The number of amides is 1. The van der Waals surface area contributed by atoms with E-state index in [1.54, 1.807) is 12.7 Å². The Bertz CT molecular complexity index is 783. The first kappa shape index (κ1) is 14.2. The predicted octanol–water partition coefficient (Wildman–Crippen LogP) is 1.06. The third-order valence-electron chi connectivity index (χ3n) is 5.78. The molecule has 3 fully saturated rings. The van der Waals surface area contributed by atoms with Crippen molar-refractivity contribution < 1.29 is 4.79 Å². The molecule has 24 heavy (non-hydrogen) atoms. The number of anilines is 1. The molecule has 0 radical (unpaired) electrons. The number of imidazole rings is 1. The molecule has 2 unspecified atom stereocenters. The number of hydrogen-bond donors (Lipinski definition) is 0. The first-order valence-corrected chi connectivity index (χ1v) is 8.84. The molecular formula is C17H22N6O. The van der Waals surface area contributed by atoms with Gasteiger partial charge < -0.3 is 14.4 Å². The van der Waals surface area contributed by atoms with Crippen LogP contribution in [0.25, 0.3) is 11.2 Å². The van der Waals surface area contributed by atoms with E-state index in [1.165, 1.54) is 12.8 Å². The number of aryl methyl sites for hydroxylation is 1. The summed E-state index contributed by atoms with van der Waals surface area (Å²) in [6.45, 7) is 3.73. The maximum Gasteiger partial charge on any atom is 0.222 e. The lowest BCUT2D eigenvalue weighted by molar-refractivity contribution is -0.130. The van der Waals surface area contributed by atoms with Gasteiger partial charge in [0.1, 0.15) is 6.33 Å². The van der Waals surface area contributed by atoms with Crippen molar-refractivity contribution in [2.24, 2.45) is 24.8 Å². The van der Waals surface area contributed by atoms with Gasteiger partial charge >= 0.3 is 0 Å². The molecule has 0 spiro atoms. The van der Waals surface area contributed by atoms with E-state index in [0.29, 0.717) is 23.7 Å². The Hall–Kier alpha value is -2.18. The second kappa shape index (κ2) is 5.16. The zero-order valence-corrected chi connectivity index (χ0v) is 13.9. The van der Waals surface area contributed by atoms with Crippen molar-refractivity contribution in [1.29, 1.82) is 0 Å². The normalized spacial score (nSPS) is 26.4. The summed E-state index contributed by atoms with van der Waals surface area (Å²) in [6.07, 6.45) is 6.67. The van der Waals surface area contributed by atoms with Gasteiger partial charge in [0, 0.05) is 51.5 Å². The van der Waals surface area contributed by atoms with E-state index in [4.69, 9.17) is 0 Å². The lowest BCUT2D eigenvalue weighted by Gasteiger charge is -2.22. The van der Waals surface area contributed by atoms with Crippen molar-refractivity contribution in [2.45, 2.75) is 19.3 Å². The highest BCUT2D eigenvalue weighted by atomic mass is 16.2. The summed E-state index contributed by atoms with van der Waals surface area (Å²) in [5.41, 5.74) is 1.75. The number of carbonyl (C=O) groups excluding carboxylic acids is 1. The number of aromatic nitrogens is 4. The molecule has 2 saturated heterocycles. The molecule has 2 aromatic rings. The molecule has 1 amide bonds. The lowest BCUT2D eigenvalue weighted by atomic mass is 10.0. The van der Waals surface area contributed by atoms with Gasteiger partial charge in [-0.25, -0.2) is 15.0 Å². The number of likely N-dealkylation sites (tertiary alicyclic amines) is 1. The fourth-order valence-electron chi connectivity index (χ4n) is 4.23. The van der Waals surface area contributed by atoms with Crippen molar-refractivity contribution >= 4 is 22.9 Å². The van der Waals surface area contributed by atoms with Crippen LogP contribution >= 0.6 is 0 Å². The van der Waals surface area contributed by atoms with Gasteiger partial charge in [-0.05, 0) is 18.8 Å². The molecule has 0 bridgehead atoms. The van der Waals surface area contributed by atoms with Gasteiger partial charge in [0.25, 0.3) is 0 Å². The van der Waals surface area contributed by atoms with Gasteiger partial charge in [-0.3, -0.25) is 4.79 Å². The van der Waals surface area contributed by atoms with Crippen molar-refractivity contribution in [3.05, 3.63) is 12.7 Å². The van der Waals surface area contributed by atoms with Crippen molar-refractivity contribution in [3.8, 4) is 0 Å². The summed E-state index contributed by atoms with van der Waals surface area (Å²) in [5.74, 6) is 3.09. The molecule has 4 heterocycles. The minimum absolute atomic E-state index is 0.368. The second-order valence-electron chi connectivity index (χ2n) is 7.60. The van der Waals surface area contributed by atoms with E-state index in [-0.39, 0.29) is 0 Å². The number of rotatable bonds is 3. The number of nitrogens with zero attached hydrogens (tertiary/aromatic N) is 6. The molecule has 5 rings (SSSR count). The van der Waals surface area contributed by atoms with Gasteiger partial charge in [-0.15, -0.1) is 0 Å². The molecule has 1 saturated carbocycles. The lowest BCUT2D eigenvalue weighted by Crippen LogP contribution is -2.33. The Morgan fingerprint density at radius 3 is 2.58 bits per heavy atom. The number of hydrogen-bond acceptors (Lipinski definition) is 5. The standard InChI is InChI=1S/C17H22N6O/c1-21-10-20-15-16(21)18-9-19-17(15)23-7-12-5-22(6-13(12)8-23)14(24)4-11-2-3-11/h9-13H,2-8H2,1H3. The predicted molar refractivity (Wildman–Crippen MR) is 89.4 cm³/mol. The zero-order chi connectivity index (χ0) is 16.3. The van der Waals surface area contributed by atoms with E-state index in [0.717, 1.165) is 49.6 Å².